The maximum Gasteiger partial charge on any atom is 0.220 e. The van der Waals surface area contributed by atoms with Gasteiger partial charge in [0.1, 0.15) is 0 Å². The largest absolute Gasteiger partial charge is 0.361 e. The molecule has 29 heavy (non-hydrogen) atoms. The molecule has 4 rings (SSSR count). The number of benzene rings is 2. The van der Waals surface area contributed by atoms with Crippen LogP contribution in [0.3, 0.4) is 0 Å². The van der Waals surface area contributed by atoms with Gasteiger partial charge >= 0.3 is 0 Å². The van der Waals surface area contributed by atoms with Crippen molar-refractivity contribution >= 4 is 16.8 Å². The number of aromatic amines is 1. The van der Waals surface area contributed by atoms with Crippen molar-refractivity contribution in [3.8, 4) is 0 Å². The normalized spacial score (nSPS) is 17.4. The molecule has 1 saturated heterocycles. The molecule has 4 heteroatoms. The highest BCUT2D eigenvalue weighted by molar-refractivity contribution is 5.83. The number of para-hydroxylation sites is 1. The smallest absolute Gasteiger partial charge is 0.220 e. The van der Waals surface area contributed by atoms with E-state index in [4.69, 9.17) is 0 Å². The van der Waals surface area contributed by atoms with Crippen molar-refractivity contribution in [1.29, 1.82) is 0 Å². The molecule has 2 heterocycles. The van der Waals surface area contributed by atoms with E-state index in [0.717, 1.165) is 32.5 Å². The summed E-state index contributed by atoms with van der Waals surface area (Å²) in [5.74, 6) is 0.176. The fraction of sp³-hybridized carbons (Fsp3) is 0.400. The van der Waals surface area contributed by atoms with Crippen LogP contribution in [0.1, 0.15) is 43.2 Å². The van der Waals surface area contributed by atoms with Gasteiger partial charge in [0.2, 0.25) is 5.91 Å². The molecule has 1 fully saturated rings. The number of nitrogens with zero attached hydrogens (tertiary/aromatic N) is 1. The molecule has 0 bridgehead atoms. The van der Waals surface area contributed by atoms with Crippen LogP contribution in [0, 0.1) is 0 Å². The third-order valence-electron chi connectivity index (χ3n) is 6.04. The molecule has 2 aromatic carbocycles. The summed E-state index contributed by atoms with van der Waals surface area (Å²) in [5.41, 5.74) is 3.82. The Labute approximate surface area is 173 Å². The second-order valence-electron chi connectivity index (χ2n) is 8.12. The molecular formula is C25H31N3O. The van der Waals surface area contributed by atoms with E-state index in [2.05, 4.69) is 69.9 Å². The first-order valence-corrected chi connectivity index (χ1v) is 10.9. The van der Waals surface area contributed by atoms with E-state index >= 15 is 0 Å². The predicted octanol–water partition coefficient (Wildman–Crippen LogP) is 4.66. The molecule has 1 aliphatic rings. The van der Waals surface area contributed by atoms with Crippen LogP contribution in [-0.4, -0.2) is 34.9 Å². The van der Waals surface area contributed by atoms with E-state index < -0.39 is 0 Å². The molecule has 1 amide bonds. The molecule has 3 aromatic rings. The lowest BCUT2D eigenvalue weighted by Gasteiger charge is -2.36. The van der Waals surface area contributed by atoms with Crippen LogP contribution in [-0.2, 0) is 17.8 Å². The van der Waals surface area contributed by atoms with E-state index in [9.17, 15) is 4.79 Å². The van der Waals surface area contributed by atoms with Crippen molar-refractivity contribution in [2.75, 3.05) is 13.1 Å². The Hall–Kier alpha value is -2.59. The first kappa shape index (κ1) is 19.7. The minimum absolute atomic E-state index is 0.176. The molecule has 2 N–H and O–H groups in total. The third kappa shape index (κ3) is 5.27. The number of likely N-dealkylation sites (tertiary alicyclic amines) is 1. The Bertz CT molecular complexity index is 918. The number of amides is 1. The minimum atomic E-state index is 0.176. The number of carbonyl (C=O) groups is 1. The van der Waals surface area contributed by atoms with E-state index in [-0.39, 0.29) is 5.91 Å². The summed E-state index contributed by atoms with van der Waals surface area (Å²) in [7, 11) is 0. The van der Waals surface area contributed by atoms with E-state index in [1.54, 1.807) is 0 Å². The Kier molecular flexibility index (Phi) is 6.63. The maximum atomic E-state index is 12.4. The second kappa shape index (κ2) is 9.75. The second-order valence-corrected chi connectivity index (χ2v) is 8.12. The van der Waals surface area contributed by atoms with Crippen molar-refractivity contribution < 1.29 is 4.79 Å². The molecule has 0 radical (unpaired) electrons. The monoisotopic (exact) mass is 389 g/mol. The Morgan fingerprint density at radius 3 is 2.79 bits per heavy atom. The van der Waals surface area contributed by atoms with Gasteiger partial charge in [0, 0.05) is 42.7 Å². The molecule has 152 valence electrons. The highest BCUT2D eigenvalue weighted by atomic mass is 16.1. The lowest BCUT2D eigenvalue weighted by atomic mass is 10.0. The molecule has 0 aliphatic carbocycles. The first-order valence-electron chi connectivity index (χ1n) is 10.9. The first-order chi connectivity index (χ1) is 14.3. The summed E-state index contributed by atoms with van der Waals surface area (Å²) >= 11 is 0. The number of H-pyrrole nitrogens is 1. The summed E-state index contributed by atoms with van der Waals surface area (Å²) in [4.78, 5) is 18.3. The van der Waals surface area contributed by atoms with Crippen LogP contribution in [0.4, 0.5) is 0 Å². The van der Waals surface area contributed by atoms with Crippen molar-refractivity contribution in [2.24, 2.45) is 0 Å². The molecule has 1 atom stereocenters. The number of hydrogen-bond acceptors (Lipinski definition) is 2. The SMILES string of the molecule is O=C(CCCc1c[nH]c2ccccc12)NCC1CCCCN1Cc1ccccc1. The van der Waals surface area contributed by atoms with Crippen LogP contribution >= 0.6 is 0 Å². The molecule has 1 unspecified atom stereocenters. The highest BCUT2D eigenvalue weighted by Crippen LogP contribution is 2.20. The van der Waals surface area contributed by atoms with Gasteiger partial charge in [-0.05, 0) is 49.4 Å². The number of hydrogen-bond donors (Lipinski definition) is 2. The van der Waals surface area contributed by atoms with Crippen LogP contribution < -0.4 is 5.32 Å². The number of carbonyl (C=O) groups excluding carboxylic acids is 1. The molecule has 1 aromatic heterocycles. The van der Waals surface area contributed by atoms with Gasteiger partial charge in [-0.2, -0.15) is 0 Å². The number of nitrogens with one attached hydrogen (secondary N) is 2. The van der Waals surface area contributed by atoms with Crippen molar-refractivity contribution in [3.63, 3.8) is 0 Å². The Balaban J connectivity index is 1.23. The van der Waals surface area contributed by atoms with Gasteiger partial charge in [-0.1, -0.05) is 55.0 Å². The van der Waals surface area contributed by atoms with Crippen molar-refractivity contribution in [2.45, 2.75) is 51.1 Å². The van der Waals surface area contributed by atoms with Gasteiger partial charge in [0.25, 0.3) is 0 Å². The van der Waals surface area contributed by atoms with Crippen molar-refractivity contribution in [1.82, 2.24) is 15.2 Å². The zero-order valence-electron chi connectivity index (χ0n) is 17.1. The average molecular weight is 390 g/mol. The fourth-order valence-electron chi connectivity index (χ4n) is 4.42. The Morgan fingerprint density at radius 2 is 1.90 bits per heavy atom. The summed E-state index contributed by atoms with van der Waals surface area (Å²) < 4.78 is 0. The summed E-state index contributed by atoms with van der Waals surface area (Å²) in [6.07, 6.45) is 8.15. The zero-order valence-corrected chi connectivity index (χ0v) is 17.1. The highest BCUT2D eigenvalue weighted by Gasteiger charge is 2.22. The summed E-state index contributed by atoms with van der Waals surface area (Å²) in [5, 5.41) is 4.47. The summed E-state index contributed by atoms with van der Waals surface area (Å²) in [6, 6.07) is 19.4. The van der Waals surface area contributed by atoms with Gasteiger partial charge in [-0.25, -0.2) is 0 Å². The number of fused-ring (bicyclic) bond motifs is 1. The number of piperidine rings is 1. The quantitative estimate of drug-likeness (QED) is 0.589. The van der Waals surface area contributed by atoms with E-state index in [1.165, 1.54) is 41.3 Å². The van der Waals surface area contributed by atoms with Gasteiger partial charge < -0.3 is 10.3 Å². The fourth-order valence-corrected chi connectivity index (χ4v) is 4.42. The van der Waals surface area contributed by atoms with Gasteiger partial charge in [-0.3, -0.25) is 9.69 Å². The number of aryl methyl sites for hydroxylation is 1. The number of aromatic nitrogens is 1. The zero-order chi connectivity index (χ0) is 19.9. The van der Waals surface area contributed by atoms with E-state index in [1.807, 2.05) is 6.07 Å². The third-order valence-corrected chi connectivity index (χ3v) is 6.04. The number of rotatable bonds is 8. The summed E-state index contributed by atoms with van der Waals surface area (Å²) in [6.45, 7) is 2.86. The maximum absolute atomic E-state index is 12.4. The van der Waals surface area contributed by atoms with Crippen LogP contribution in [0.15, 0.2) is 60.8 Å². The average Bonchev–Trinajstić information content (AvgIpc) is 3.17. The Morgan fingerprint density at radius 1 is 1.07 bits per heavy atom. The van der Waals surface area contributed by atoms with Crippen LogP contribution in [0.5, 0.6) is 0 Å². The topological polar surface area (TPSA) is 48.1 Å². The molecule has 0 spiro atoms. The predicted molar refractivity (Wildman–Crippen MR) is 119 cm³/mol. The van der Waals surface area contributed by atoms with Crippen LogP contribution in [0.25, 0.3) is 10.9 Å². The van der Waals surface area contributed by atoms with Gasteiger partial charge in [-0.15, -0.1) is 0 Å². The minimum Gasteiger partial charge on any atom is -0.361 e. The lowest BCUT2D eigenvalue weighted by Crippen LogP contribution is -2.46. The van der Waals surface area contributed by atoms with Gasteiger partial charge in [0.05, 0.1) is 0 Å². The van der Waals surface area contributed by atoms with Gasteiger partial charge in [0.15, 0.2) is 0 Å². The molecule has 0 saturated carbocycles. The standard InChI is InChI=1S/C25H31N3O/c29-25(15-8-11-21-17-26-24-14-5-4-13-23(21)24)27-18-22-12-6-7-16-28(22)19-20-9-2-1-3-10-20/h1-5,9-10,13-14,17,22,26H,6-8,11-12,15-16,18-19H2,(H,27,29). The molecule has 4 nitrogen and oxygen atoms in total. The van der Waals surface area contributed by atoms with Crippen LogP contribution in [0.2, 0.25) is 0 Å². The van der Waals surface area contributed by atoms with E-state index in [0.29, 0.717) is 12.5 Å². The lowest BCUT2D eigenvalue weighted by molar-refractivity contribution is -0.121. The molecular weight excluding hydrogens is 358 g/mol. The van der Waals surface area contributed by atoms with Crippen molar-refractivity contribution in [3.05, 3.63) is 71.9 Å². The molecule has 1 aliphatic heterocycles.